The van der Waals surface area contributed by atoms with E-state index in [1.165, 1.54) is 7.11 Å². The highest BCUT2D eigenvalue weighted by atomic mass is 16.5. The number of nitrogens with zero attached hydrogens (tertiary/aromatic N) is 5. The molecule has 12 nitrogen and oxygen atoms in total. The van der Waals surface area contributed by atoms with Crippen LogP contribution in [0.4, 0.5) is 4.79 Å². The van der Waals surface area contributed by atoms with Gasteiger partial charge in [0.15, 0.2) is 0 Å². The van der Waals surface area contributed by atoms with E-state index in [1.54, 1.807) is 37.0 Å². The first kappa shape index (κ1) is 29.3. The molecule has 4 heterocycles. The van der Waals surface area contributed by atoms with Crippen molar-refractivity contribution < 1.29 is 14.3 Å². The largest absolute Gasteiger partial charge is 0.453 e. The van der Waals surface area contributed by atoms with Crippen LogP contribution in [0, 0.1) is 0 Å². The molecule has 3 N–H and O–H groups in total. The van der Waals surface area contributed by atoms with E-state index < -0.39 is 6.09 Å². The summed E-state index contributed by atoms with van der Waals surface area (Å²) in [5.41, 5.74) is 7.16. The Bertz CT molecular complexity index is 2200. The Kier molecular flexibility index (Phi) is 7.14. The van der Waals surface area contributed by atoms with Crippen molar-refractivity contribution in [2.75, 3.05) is 14.2 Å². The second-order valence-electron chi connectivity index (χ2n) is 12.2. The number of methoxy groups -OCH3 is 1. The lowest BCUT2D eigenvalue weighted by atomic mass is 9.96. The molecule has 0 spiro atoms. The molecule has 1 fully saturated rings. The topological polar surface area (TPSA) is 141 Å². The SMILES string of the molecule is CNC(=O)c1ccc(-c2[nH]c3ncc4c(c3c2-c2ccc3c(cnn3C(C)C)c2)n([C@@H]2CC[C@@H](NC(=O)OC)C2)c(=O)n4C)cc1. The van der Waals surface area contributed by atoms with E-state index in [0.29, 0.717) is 17.6 Å². The fourth-order valence-corrected chi connectivity index (χ4v) is 6.92. The highest BCUT2D eigenvalue weighted by Crippen LogP contribution is 2.43. The maximum Gasteiger partial charge on any atom is 0.407 e. The molecule has 1 aliphatic rings. The van der Waals surface area contributed by atoms with Crippen LogP contribution in [0.5, 0.6) is 0 Å². The summed E-state index contributed by atoms with van der Waals surface area (Å²) < 4.78 is 10.4. The lowest BCUT2D eigenvalue weighted by Gasteiger charge is -2.15. The Labute approximate surface area is 264 Å². The predicted octanol–water partition coefficient (Wildman–Crippen LogP) is 5.29. The van der Waals surface area contributed by atoms with Gasteiger partial charge in [-0.2, -0.15) is 5.10 Å². The van der Waals surface area contributed by atoms with Crippen molar-refractivity contribution >= 4 is 45.0 Å². The van der Waals surface area contributed by atoms with Gasteiger partial charge in [-0.15, -0.1) is 0 Å². The maximum atomic E-state index is 13.9. The average molecular weight is 621 g/mol. The maximum absolute atomic E-state index is 13.9. The zero-order valence-corrected chi connectivity index (χ0v) is 26.4. The Balaban J connectivity index is 1.49. The molecule has 2 atom stereocenters. The molecular weight excluding hydrogens is 584 g/mol. The second kappa shape index (κ2) is 11.2. The molecule has 46 heavy (non-hydrogen) atoms. The zero-order valence-electron chi connectivity index (χ0n) is 26.4. The van der Waals surface area contributed by atoms with Crippen LogP contribution in [0.3, 0.4) is 0 Å². The van der Waals surface area contributed by atoms with Crippen LogP contribution in [-0.2, 0) is 11.8 Å². The molecule has 0 saturated heterocycles. The molecule has 12 heteroatoms. The minimum Gasteiger partial charge on any atom is -0.453 e. The molecule has 4 aromatic heterocycles. The molecule has 1 saturated carbocycles. The fraction of sp³-hybridized carbons (Fsp3) is 0.324. The Morgan fingerprint density at radius 3 is 2.52 bits per heavy atom. The molecule has 0 radical (unpaired) electrons. The van der Waals surface area contributed by atoms with E-state index >= 15 is 0 Å². The first-order chi connectivity index (χ1) is 22.2. The third kappa shape index (κ3) is 4.63. The number of hydrogen-bond donors (Lipinski definition) is 3. The van der Waals surface area contributed by atoms with Gasteiger partial charge in [0, 0.05) is 48.7 Å². The third-order valence-electron chi connectivity index (χ3n) is 9.18. The highest BCUT2D eigenvalue weighted by Gasteiger charge is 2.32. The molecular formula is C34H36N8O4. The number of hydrogen-bond acceptors (Lipinski definition) is 6. The minimum atomic E-state index is -0.473. The summed E-state index contributed by atoms with van der Waals surface area (Å²) in [7, 11) is 4.73. The highest BCUT2D eigenvalue weighted by molar-refractivity contribution is 6.15. The summed E-state index contributed by atoms with van der Waals surface area (Å²) in [5.74, 6) is -0.163. The summed E-state index contributed by atoms with van der Waals surface area (Å²) in [4.78, 5) is 46.6. The lowest BCUT2D eigenvalue weighted by Crippen LogP contribution is -2.33. The smallest absolute Gasteiger partial charge is 0.407 e. The summed E-state index contributed by atoms with van der Waals surface area (Å²) in [6.45, 7) is 4.21. The number of amides is 2. The molecule has 2 amide bonds. The standard InChI is InChI=1S/C34H36N8O4/c1-18(2)42-25-13-10-21(14-22(25)16-37-42)27-28-30-26(40(4)34(45)41(30)24-12-11-23(15-24)38-33(44)46-5)17-36-31(28)39-29(27)19-6-8-20(9-7-19)32(43)35-3/h6-10,13-14,16-18,23-24H,11-12,15H2,1-5H3,(H,35,43)(H,36,39)(H,38,44)/t23-,24-/m1/s1. The predicted molar refractivity (Wildman–Crippen MR) is 177 cm³/mol. The summed E-state index contributed by atoms with van der Waals surface area (Å²) >= 11 is 0. The number of aromatic nitrogens is 6. The number of aromatic amines is 1. The molecule has 7 rings (SSSR count). The number of carbonyl (C=O) groups excluding carboxylic acids is 2. The van der Waals surface area contributed by atoms with Crippen molar-refractivity contribution in [2.45, 2.75) is 51.2 Å². The normalized spacial score (nSPS) is 16.6. The van der Waals surface area contributed by atoms with Crippen LogP contribution in [0.15, 0.2) is 59.7 Å². The number of rotatable bonds is 6. The van der Waals surface area contributed by atoms with Gasteiger partial charge >= 0.3 is 11.8 Å². The van der Waals surface area contributed by atoms with Gasteiger partial charge in [-0.3, -0.25) is 18.6 Å². The number of H-pyrrole nitrogens is 1. The van der Waals surface area contributed by atoms with Crippen molar-refractivity contribution in [2.24, 2.45) is 7.05 Å². The van der Waals surface area contributed by atoms with Crippen LogP contribution >= 0.6 is 0 Å². The third-order valence-corrected chi connectivity index (χ3v) is 9.18. The summed E-state index contributed by atoms with van der Waals surface area (Å²) in [6.07, 6.45) is 5.21. The van der Waals surface area contributed by atoms with Gasteiger partial charge in [-0.25, -0.2) is 14.6 Å². The van der Waals surface area contributed by atoms with E-state index in [4.69, 9.17) is 9.72 Å². The molecule has 0 aliphatic heterocycles. The summed E-state index contributed by atoms with van der Waals surface area (Å²) in [5, 5.41) is 12.0. The van der Waals surface area contributed by atoms with E-state index in [1.807, 2.05) is 27.6 Å². The molecule has 6 aromatic rings. The molecule has 0 bridgehead atoms. The number of pyridine rings is 1. The van der Waals surface area contributed by atoms with Crippen molar-refractivity contribution in [3.8, 4) is 22.4 Å². The van der Waals surface area contributed by atoms with Crippen molar-refractivity contribution in [1.82, 2.24) is 39.5 Å². The number of benzene rings is 2. The van der Waals surface area contributed by atoms with Gasteiger partial charge in [0.1, 0.15) is 5.65 Å². The van der Waals surface area contributed by atoms with Crippen molar-refractivity contribution in [3.63, 3.8) is 0 Å². The number of carbonyl (C=O) groups is 2. The zero-order chi connectivity index (χ0) is 32.3. The monoisotopic (exact) mass is 620 g/mol. The van der Waals surface area contributed by atoms with E-state index in [0.717, 1.165) is 62.5 Å². The van der Waals surface area contributed by atoms with E-state index in [2.05, 4.69) is 52.8 Å². The first-order valence-corrected chi connectivity index (χ1v) is 15.5. The van der Waals surface area contributed by atoms with Gasteiger partial charge < -0.3 is 20.4 Å². The number of ether oxygens (including phenoxy) is 1. The van der Waals surface area contributed by atoms with Crippen molar-refractivity contribution in [1.29, 1.82) is 0 Å². The van der Waals surface area contributed by atoms with Crippen LogP contribution in [0.2, 0.25) is 0 Å². The number of aryl methyl sites for hydroxylation is 1. The Morgan fingerprint density at radius 2 is 1.80 bits per heavy atom. The van der Waals surface area contributed by atoms with Gasteiger partial charge in [-0.05, 0) is 68.5 Å². The number of alkyl carbamates (subject to hydrolysis) is 1. The quantitative estimate of drug-likeness (QED) is 0.231. The van der Waals surface area contributed by atoms with Gasteiger partial charge in [0.25, 0.3) is 5.91 Å². The molecule has 1 aliphatic carbocycles. The number of fused-ring (bicyclic) bond motifs is 4. The Morgan fingerprint density at radius 1 is 1.04 bits per heavy atom. The second-order valence-corrected chi connectivity index (χ2v) is 12.2. The number of nitrogens with one attached hydrogen (secondary N) is 3. The minimum absolute atomic E-state index is 0.100. The van der Waals surface area contributed by atoms with Crippen molar-refractivity contribution in [3.05, 3.63) is 70.9 Å². The fourth-order valence-electron chi connectivity index (χ4n) is 6.92. The molecule has 0 unspecified atom stereocenters. The van der Waals surface area contributed by atoms with Gasteiger partial charge in [0.05, 0.1) is 47.1 Å². The van der Waals surface area contributed by atoms with Crippen LogP contribution < -0.4 is 16.3 Å². The van der Waals surface area contributed by atoms with Gasteiger partial charge in [0.2, 0.25) is 0 Å². The lowest BCUT2D eigenvalue weighted by molar-refractivity contribution is 0.0963. The number of imidazole rings is 1. The van der Waals surface area contributed by atoms with Crippen LogP contribution in [-0.4, -0.2) is 61.1 Å². The molecule has 2 aromatic carbocycles. The van der Waals surface area contributed by atoms with E-state index in [-0.39, 0.29) is 29.7 Å². The average Bonchev–Trinajstić information content (AvgIpc) is 3.84. The van der Waals surface area contributed by atoms with Crippen LogP contribution in [0.25, 0.3) is 55.4 Å². The van der Waals surface area contributed by atoms with E-state index in [9.17, 15) is 14.4 Å². The van der Waals surface area contributed by atoms with Gasteiger partial charge in [-0.1, -0.05) is 18.2 Å². The first-order valence-electron chi connectivity index (χ1n) is 15.5. The Hall–Kier alpha value is -5.39. The molecule has 236 valence electrons. The summed E-state index contributed by atoms with van der Waals surface area (Å²) in [6, 6.07) is 13.7. The van der Waals surface area contributed by atoms with Crippen LogP contribution in [0.1, 0.15) is 55.6 Å².